The summed E-state index contributed by atoms with van der Waals surface area (Å²) in [6, 6.07) is 12.8. The van der Waals surface area contributed by atoms with Gasteiger partial charge in [0, 0.05) is 48.5 Å². The summed E-state index contributed by atoms with van der Waals surface area (Å²) >= 11 is 0. The fraction of sp³-hybridized carbons (Fsp3) is 0.385. The number of carbonyl (C=O) groups is 1. The third-order valence-corrected chi connectivity index (χ3v) is 8.02. The quantitative estimate of drug-likeness (QED) is 0.646. The topological polar surface area (TPSA) is 97.3 Å². The molecule has 0 radical (unpaired) electrons. The van der Waals surface area contributed by atoms with Crippen molar-refractivity contribution in [3.8, 4) is 11.5 Å². The summed E-state index contributed by atoms with van der Waals surface area (Å²) in [6.07, 6.45) is 2.08. The third-order valence-electron chi connectivity index (χ3n) is 6.55. The number of hydrogen-bond acceptors (Lipinski definition) is 6. The Labute approximate surface area is 206 Å². The molecule has 0 bridgehead atoms. The highest BCUT2D eigenvalue weighted by Crippen LogP contribution is 2.35. The van der Waals surface area contributed by atoms with Crippen molar-refractivity contribution < 1.29 is 22.7 Å². The number of aryl methyl sites for hydroxylation is 1. The van der Waals surface area contributed by atoms with Gasteiger partial charge >= 0.3 is 0 Å². The van der Waals surface area contributed by atoms with Gasteiger partial charge < -0.3 is 19.7 Å². The highest BCUT2D eigenvalue weighted by molar-refractivity contribution is 8.00. The molecule has 0 unspecified atom stereocenters. The molecular formula is C26H31N3O5S. The van der Waals surface area contributed by atoms with E-state index in [-0.39, 0.29) is 16.7 Å². The summed E-state index contributed by atoms with van der Waals surface area (Å²) in [4.78, 5) is 15.1. The van der Waals surface area contributed by atoms with E-state index in [1.807, 2.05) is 29.2 Å². The minimum absolute atomic E-state index is 0.0788. The van der Waals surface area contributed by atoms with Gasteiger partial charge in [0.2, 0.25) is 5.91 Å². The Balaban J connectivity index is 1.44. The van der Waals surface area contributed by atoms with Gasteiger partial charge in [-0.3, -0.25) is 4.79 Å². The number of carbonyl (C=O) groups excluding carboxylic acids is 1. The van der Waals surface area contributed by atoms with Crippen molar-refractivity contribution in [1.82, 2.24) is 4.90 Å². The Morgan fingerprint density at radius 3 is 2.20 bits per heavy atom. The van der Waals surface area contributed by atoms with Crippen LogP contribution >= 0.6 is 0 Å². The van der Waals surface area contributed by atoms with Crippen molar-refractivity contribution in [3.63, 3.8) is 0 Å². The normalized spacial score (nSPS) is 17.8. The number of anilines is 1. The van der Waals surface area contributed by atoms with Crippen LogP contribution in [0.3, 0.4) is 0 Å². The van der Waals surface area contributed by atoms with Crippen LogP contribution in [0.1, 0.15) is 37.8 Å². The fourth-order valence-electron chi connectivity index (χ4n) is 4.55. The molecular weight excluding hydrogens is 466 g/mol. The number of methoxy groups -OCH3 is 2. The summed E-state index contributed by atoms with van der Waals surface area (Å²) < 4.78 is 40.5. The van der Waals surface area contributed by atoms with Crippen LogP contribution < -0.4 is 14.8 Å². The first-order valence-corrected chi connectivity index (χ1v) is 13.1. The number of nitrogens with zero attached hydrogens (tertiary/aromatic N) is 2. The SMILES string of the molecule is CCc1ccc(C2=C(C)C(N3CCC(C(=O)Nc4cc(OC)cc(OC)c4)CC3)=NS2(=O)=O)cc1. The molecule has 1 saturated heterocycles. The standard InChI is InChI=1S/C26H31N3O5S/c1-5-18-6-8-19(9-7-18)24-17(2)25(28-35(24,31)32)29-12-10-20(11-13-29)26(30)27-21-14-22(33-3)16-23(15-21)34-4/h6-9,14-16,20H,5,10-13H2,1-4H3,(H,27,30). The van der Waals surface area contributed by atoms with E-state index in [9.17, 15) is 13.2 Å². The largest absolute Gasteiger partial charge is 0.497 e. The van der Waals surface area contributed by atoms with Crippen LogP contribution in [0.15, 0.2) is 52.4 Å². The van der Waals surface area contributed by atoms with Gasteiger partial charge in [0.15, 0.2) is 0 Å². The predicted octanol–water partition coefficient (Wildman–Crippen LogP) is 4.09. The van der Waals surface area contributed by atoms with Crippen LogP contribution in [0.2, 0.25) is 0 Å². The molecule has 2 aromatic carbocycles. The zero-order valence-electron chi connectivity index (χ0n) is 20.5. The van der Waals surface area contributed by atoms with E-state index >= 15 is 0 Å². The molecule has 1 fully saturated rings. The van der Waals surface area contributed by atoms with E-state index in [0.717, 1.165) is 12.0 Å². The highest BCUT2D eigenvalue weighted by atomic mass is 32.2. The monoisotopic (exact) mass is 497 g/mol. The lowest BCUT2D eigenvalue weighted by Crippen LogP contribution is -2.41. The summed E-state index contributed by atoms with van der Waals surface area (Å²) in [7, 11) is -0.649. The molecule has 0 aromatic heterocycles. The minimum atomic E-state index is -3.77. The van der Waals surface area contributed by atoms with Gasteiger partial charge in [0.25, 0.3) is 10.0 Å². The maximum atomic E-state index is 12.9. The molecule has 2 heterocycles. The Morgan fingerprint density at radius 2 is 1.66 bits per heavy atom. The van der Waals surface area contributed by atoms with Gasteiger partial charge in [-0.1, -0.05) is 31.2 Å². The Kier molecular flexibility index (Phi) is 7.16. The van der Waals surface area contributed by atoms with Gasteiger partial charge in [-0.05, 0) is 37.3 Å². The summed E-state index contributed by atoms with van der Waals surface area (Å²) in [5.74, 6) is 1.41. The molecule has 2 aliphatic rings. The second-order valence-corrected chi connectivity index (χ2v) is 10.3. The molecule has 0 aliphatic carbocycles. The first kappa shape index (κ1) is 24.8. The lowest BCUT2D eigenvalue weighted by molar-refractivity contribution is -0.120. The maximum absolute atomic E-state index is 12.9. The number of hydrogen-bond donors (Lipinski definition) is 1. The molecule has 4 rings (SSSR count). The smallest absolute Gasteiger partial charge is 0.285 e. The maximum Gasteiger partial charge on any atom is 0.285 e. The van der Waals surface area contributed by atoms with E-state index in [1.54, 1.807) is 39.3 Å². The number of amides is 1. The zero-order valence-corrected chi connectivity index (χ0v) is 21.3. The number of rotatable bonds is 6. The van der Waals surface area contributed by atoms with E-state index in [4.69, 9.17) is 9.47 Å². The van der Waals surface area contributed by atoms with Crippen molar-refractivity contribution in [1.29, 1.82) is 0 Å². The molecule has 2 aromatic rings. The summed E-state index contributed by atoms with van der Waals surface area (Å²) in [5.41, 5.74) is 3.07. The van der Waals surface area contributed by atoms with Crippen molar-refractivity contribution in [2.75, 3.05) is 32.6 Å². The van der Waals surface area contributed by atoms with Gasteiger partial charge in [-0.15, -0.1) is 4.40 Å². The number of sulfonamides is 1. The molecule has 1 amide bonds. The minimum Gasteiger partial charge on any atom is -0.497 e. The lowest BCUT2D eigenvalue weighted by atomic mass is 9.95. The van der Waals surface area contributed by atoms with Crippen molar-refractivity contribution in [2.45, 2.75) is 33.1 Å². The molecule has 35 heavy (non-hydrogen) atoms. The van der Waals surface area contributed by atoms with E-state index in [1.165, 1.54) is 0 Å². The molecule has 0 saturated carbocycles. The van der Waals surface area contributed by atoms with Gasteiger partial charge in [-0.25, -0.2) is 0 Å². The van der Waals surface area contributed by atoms with Crippen molar-refractivity contribution in [3.05, 3.63) is 59.2 Å². The number of nitrogens with one attached hydrogen (secondary N) is 1. The zero-order chi connectivity index (χ0) is 25.2. The average Bonchev–Trinajstić information content (AvgIpc) is 3.12. The second-order valence-electron chi connectivity index (χ2n) is 8.75. The fourth-order valence-corrected chi connectivity index (χ4v) is 6.04. The van der Waals surface area contributed by atoms with Crippen LogP contribution in [0.25, 0.3) is 4.91 Å². The molecule has 0 spiro atoms. The molecule has 8 nitrogen and oxygen atoms in total. The first-order chi connectivity index (χ1) is 16.7. The van der Waals surface area contributed by atoms with Crippen molar-refractivity contribution in [2.24, 2.45) is 10.3 Å². The molecule has 0 atom stereocenters. The summed E-state index contributed by atoms with van der Waals surface area (Å²) in [6.45, 7) is 4.96. The van der Waals surface area contributed by atoms with Crippen LogP contribution in [0.5, 0.6) is 11.5 Å². The van der Waals surface area contributed by atoms with Gasteiger partial charge in [-0.2, -0.15) is 8.42 Å². The number of piperidine rings is 1. The number of likely N-dealkylation sites (tertiary alicyclic amines) is 1. The van der Waals surface area contributed by atoms with Crippen molar-refractivity contribution >= 4 is 32.4 Å². The third kappa shape index (κ3) is 5.19. The highest BCUT2D eigenvalue weighted by Gasteiger charge is 2.35. The number of amidine groups is 1. The molecule has 2 aliphatic heterocycles. The Bertz CT molecular complexity index is 1250. The van der Waals surface area contributed by atoms with E-state index in [0.29, 0.717) is 60.1 Å². The predicted molar refractivity (Wildman–Crippen MR) is 137 cm³/mol. The molecule has 186 valence electrons. The number of ether oxygens (including phenoxy) is 2. The molecule has 1 N–H and O–H groups in total. The van der Waals surface area contributed by atoms with Crippen LogP contribution in [-0.2, 0) is 21.2 Å². The average molecular weight is 498 g/mol. The van der Waals surface area contributed by atoms with E-state index in [2.05, 4.69) is 16.6 Å². The Morgan fingerprint density at radius 1 is 1.06 bits per heavy atom. The van der Waals surface area contributed by atoms with Crippen LogP contribution in [-0.4, -0.2) is 52.4 Å². The second kappa shape index (κ2) is 10.1. The van der Waals surface area contributed by atoms with Crippen LogP contribution in [0, 0.1) is 5.92 Å². The first-order valence-electron chi connectivity index (χ1n) is 11.7. The number of benzene rings is 2. The van der Waals surface area contributed by atoms with E-state index < -0.39 is 10.0 Å². The lowest BCUT2D eigenvalue weighted by Gasteiger charge is -2.32. The van der Waals surface area contributed by atoms with Gasteiger partial charge in [0.05, 0.1) is 14.2 Å². The molecule has 9 heteroatoms. The summed E-state index contributed by atoms with van der Waals surface area (Å²) in [5, 5.41) is 2.95. The van der Waals surface area contributed by atoms with Crippen LogP contribution in [0.4, 0.5) is 5.69 Å². The Hall–Kier alpha value is -3.33. The van der Waals surface area contributed by atoms with Gasteiger partial charge in [0.1, 0.15) is 22.2 Å².